The van der Waals surface area contributed by atoms with Crippen molar-refractivity contribution in [3.63, 3.8) is 0 Å². The number of nitrogens with zero attached hydrogens (tertiary/aromatic N) is 2. The van der Waals surface area contributed by atoms with Crippen molar-refractivity contribution in [1.29, 1.82) is 0 Å². The smallest absolute Gasteiger partial charge is 0.269 e. The highest BCUT2D eigenvalue weighted by Gasteiger charge is 2.13. The quantitative estimate of drug-likeness (QED) is 0.291. The predicted octanol–water partition coefficient (Wildman–Crippen LogP) is 5.46. The molecule has 3 aromatic carbocycles. The third-order valence-corrected chi connectivity index (χ3v) is 5.26. The first-order valence-corrected chi connectivity index (χ1v) is 10.5. The topological polar surface area (TPSA) is 86.4 Å². The number of amides is 1. The van der Waals surface area contributed by atoms with Crippen molar-refractivity contribution in [3.05, 3.63) is 124 Å². The molecule has 0 aliphatic carbocycles. The Labute approximate surface area is 191 Å². The number of nitro groups is 1. The first-order valence-electron chi connectivity index (χ1n) is 10.5. The van der Waals surface area contributed by atoms with Crippen LogP contribution in [-0.4, -0.2) is 15.4 Å². The van der Waals surface area contributed by atoms with Gasteiger partial charge in [-0.2, -0.15) is 0 Å². The second-order valence-electron chi connectivity index (χ2n) is 7.62. The lowest BCUT2D eigenvalue weighted by Gasteiger charge is -2.16. The molecule has 1 aromatic heterocycles. The van der Waals surface area contributed by atoms with E-state index in [4.69, 9.17) is 4.74 Å². The molecule has 7 heteroatoms. The summed E-state index contributed by atoms with van der Waals surface area (Å²) >= 11 is 0. The van der Waals surface area contributed by atoms with Crippen molar-refractivity contribution in [3.8, 4) is 11.4 Å². The summed E-state index contributed by atoms with van der Waals surface area (Å²) in [5.74, 6) is 0.345. The highest BCUT2D eigenvalue weighted by atomic mass is 16.6. The summed E-state index contributed by atoms with van der Waals surface area (Å²) < 4.78 is 7.72. The molecule has 0 aliphatic heterocycles. The van der Waals surface area contributed by atoms with Crippen molar-refractivity contribution in [2.45, 2.75) is 19.6 Å². The average Bonchev–Trinajstić information content (AvgIpc) is 3.38. The van der Waals surface area contributed by atoms with E-state index in [1.807, 2.05) is 60.3 Å². The van der Waals surface area contributed by atoms with Crippen molar-refractivity contribution in [1.82, 2.24) is 9.88 Å². The molecule has 0 bridgehead atoms. The highest BCUT2D eigenvalue weighted by molar-refractivity contribution is 5.94. The maximum Gasteiger partial charge on any atom is 0.269 e. The van der Waals surface area contributed by atoms with Crippen LogP contribution in [0.15, 0.2) is 97.3 Å². The number of hydrogen-bond donors (Lipinski definition) is 1. The van der Waals surface area contributed by atoms with E-state index in [1.165, 1.54) is 12.1 Å². The molecule has 0 unspecified atom stereocenters. The Morgan fingerprint density at radius 3 is 2.45 bits per heavy atom. The molecule has 0 saturated heterocycles. The molecule has 1 amide bonds. The molecular formula is C26H23N3O4. The summed E-state index contributed by atoms with van der Waals surface area (Å²) in [4.78, 5) is 23.2. The van der Waals surface area contributed by atoms with Crippen molar-refractivity contribution < 1.29 is 14.5 Å². The van der Waals surface area contributed by atoms with Crippen LogP contribution in [-0.2, 0) is 6.61 Å². The zero-order valence-electron chi connectivity index (χ0n) is 18.0. The summed E-state index contributed by atoms with van der Waals surface area (Å²) in [5, 5.41) is 13.8. The Morgan fingerprint density at radius 2 is 1.73 bits per heavy atom. The van der Waals surface area contributed by atoms with E-state index in [0.29, 0.717) is 11.3 Å². The van der Waals surface area contributed by atoms with Crippen molar-refractivity contribution in [2.24, 2.45) is 0 Å². The minimum Gasteiger partial charge on any atom is -0.489 e. The molecule has 166 valence electrons. The monoisotopic (exact) mass is 441 g/mol. The average molecular weight is 441 g/mol. The summed E-state index contributed by atoms with van der Waals surface area (Å²) in [6.45, 7) is 2.20. The van der Waals surface area contributed by atoms with Gasteiger partial charge < -0.3 is 14.6 Å². The second kappa shape index (κ2) is 9.82. The summed E-state index contributed by atoms with van der Waals surface area (Å²) in [7, 11) is 0. The van der Waals surface area contributed by atoms with Gasteiger partial charge in [0.15, 0.2) is 0 Å². The number of non-ortho nitro benzene ring substituents is 1. The van der Waals surface area contributed by atoms with Gasteiger partial charge in [-0.1, -0.05) is 24.3 Å². The maximum atomic E-state index is 12.8. The van der Waals surface area contributed by atoms with E-state index in [1.54, 1.807) is 30.3 Å². The number of carbonyl (C=O) groups excluding carboxylic acids is 1. The molecule has 1 N–H and O–H groups in total. The molecular weight excluding hydrogens is 418 g/mol. The van der Waals surface area contributed by atoms with Crippen molar-refractivity contribution in [2.75, 3.05) is 0 Å². The van der Waals surface area contributed by atoms with Gasteiger partial charge in [-0.3, -0.25) is 14.9 Å². The van der Waals surface area contributed by atoms with Crippen LogP contribution in [0, 0.1) is 10.1 Å². The minimum absolute atomic E-state index is 0.00837. The fraction of sp³-hybridized carbons (Fsp3) is 0.115. The third-order valence-electron chi connectivity index (χ3n) is 5.26. The van der Waals surface area contributed by atoms with E-state index < -0.39 is 4.92 Å². The SMILES string of the molecule is C[C@@H](NC(=O)c1cccc(COc2ccc([N+](=O)[O-])cc2)c1)c1cccc(-n2cccc2)c1. The number of aromatic nitrogens is 1. The van der Waals surface area contributed by atoms with Crippen LogP contribution >= 0.6 is 0 Å². The number of carbonyl (C=O) groups is 1. The fourth-order valence-electron chi connectivity index (χ4n) is 3.46. The van der Waals surface area contributed by atoms with E-state index >= 15 is 0 Å². The first kappa shape index (κ1) is 21.8. The van der Waals surface area contributed by atoms with Gasteiger partial charge >= 0.3 is 0 Å². The Balaban J connectivity index is 1.39. The van der Waals surface area contributed by atoms with E-state index in [9.17, 15) is 14.9 Å². The molecule has 33 heavy (non-hydrogen) atoms. The van der Waals surface area contributed by atoms with Gasteiger partial charge in [0, 0.05) is 35.8 Å². The van der Waals surface area contributed by atoms with E-state index in [-0.39, 0.29) is 24.2 Å². The lowest BCUT2D eigenvalue weighted by atomic mass is 10.1. The molecule has 1 atom stereocenters. The largest absolute Gasteiger partial charge is 0.489 e. The molecule has 0 spiro atoms. The number of nitrogens with one attached hydrogen (secondary N) is 1. The molecule has 1 heterocycles. The summed E-state index contributed by atoms with van der Waals surface area (Å²) in [5.41, 5.74) is 3.40. The van der Waals surface area contributed by atoms with Crippen LogP contribution in [0.25, 0.3) is 5.69 Å². The highest BCUT2D eigenvalue weighted by Crippen LogP contribution is 2.20. The van der Waals surface area contributed by atoms with Gasteiger partial charge in [0.1, 0.15) is 12.4 Å². The normalized spacial score (nSPS) is 11.5. The van der Waals surface area contributed by atoms with Gasteiger partial charge in [-0.15, -0.1) is 0 Å². The number of rotatable bonds is 8. The molecule has 0 aliphatic rings. The van der Waals surface area contributed by atoms with E-state index in [2.05, 4.69) is 11.4 Å². The van der Waals surface area contributed by atoms with Crippen molar-refractivity contribution >= 4 is 11.6 Å². The Hall–Kier alpha value is -4.39. The first-order chi connectivity index (χ1) is 16.0. The number of hydrogen-bond acceptors (Lipinski definition) is 4. The molecule has 7 nitrogen and oxygen atoms in total. The Bertz CT molecular complexity index is 1250. The van der Waals surface area contributed by atoms with Crippen LogP contribution < -0.4 is 10.1 Å². The summed E-state index contributed by atoms with van der Waals surface area (Å²) in [6, 6.07) is 24.9. The maximum absolute atomic E-state index is 12.8. The number of nitro benzene ring substituents is 1. The van der Waals surface area contributed by atoms with Gasteiger partial charge in [0.2, 0.25) is 0 Å². The molecule has 4 rings (SSSR count). The third kappa shape index (κ3) is 5.46. The van der Waals surface area contributed by atoms with Crippen LogP contribution in [0.1, 0.15) is 34.5 Å². The predicted molar refractivity (Wildman–Crippen MR) is 126 cm³/mol. The Kier molecular flexibility index (Phi) is 6.50. The number of ether oxygens (including phenoxy) is 1. The van der Waals surface area contributed by atoms with Gasteiger partial charge in [0.25, 0.3) is 11.6 Å². The Morgan fingerprint density at radius 1 is 1.00 bits per heavy atom. The van der Waals surface area contributed by atoms with Gasteiger partial charge in [-0.05, 0) is 66.6 Å². The van der Waals surface area contributed by atoms with E-state index in [0.717, 1.165) is 16.8 Å². The van der Waals surface area contributed by atoms with Crippen LogP contribution in [0.3, 0.4) is 0 Å². The molecule has 0 fully saturated rings. The zero-order chi connectivity index (χ0) is 23.2. The number of benzene rings is 3. The lowest BCUT2D eigenvalue weighted by Crippen LogP contribution is -2.26. The van der Waals surface area contributed by atoms with Crippen LogP contribution in [0.4, 0.5) is 5.69 Å². The molecule has 4 aromatic rings. The summed E-state index contributed by atoms with van der Waals surface area (Å²) in [6.07, 6.45) is 3.96. The van der Waals surface area contributed by atoms with Crippen LogP contribution in [0.2, 0.25) is 0 Å². The zero-order valence-corrected chi connectivity index (χ0v) is 18.0. The van der Waals surface area contributed by atoms with Gasteiger partial charge in [0.05, 0.1) is 11.0 Å². The second-order valence-corrected chi connectivity index (χ2v) is 7.62. The molecule has 0 radical (unpaired) electrons. The van der Waals surface area contributed by atoms with Gasteiger partial charge in [-0.25, -0.2) is 0 Å². The fourth-order valence-corrected chi connectivity index (χ4v) is 3.46. The van der Waals surface area contributed by atoms with Crippen LogP contribution in [0.5, 0.6) is 5.75 Å². The lowest BCUT2D eigenvalue weighted by molar-refractivity contribution is -0.384. The molecule has 0 saturated carbocycles. The standard InChI is InChI=1S/C26H23N3O4/c1-19(21-7-5-9-24(17-21)28-14-2-3-15-28)27-26(30)22-8-4-6-20(16-22)18-33-25-12-10-23(11-13-25)29(31)32/h2-17,19H,18H2,1H3,(H,27,30)/t19-/m1/s1. The minimum atomic E-state index is -0.455.